The van der Waals surface area contributed by atoms with Crippen molar-refractivity contribution >= 4 is 22.9 Å². The van der Waals surface area contributed by atoms with Crippen molar-refractivity contribution in [3.63, 3.8) is 0 Å². The fourth-order valence-electron chi connectivity index (χ4n) is 1.86. The van der Waals surface area contributed by atoms with Crippen molar-refractivity contribution in [1.82, 2.24) is 15.3 Å². The number of hydrogen-bond donors (Lipinski definition) is 1. The summed E-state index contributed by atoms with van der Waals surface area (Å²) in [6.45, 7) is 5.15. The zero-order valence-electron chi connectivity index (χ0n) is 11.2. The van der Waals surface area contributed by atoms with Crippen molar-refractivity contribution in [2.45, 2.75) is 32.7 Å². The highest BCUT2D eigenvalue weighted by Gasteiger charge is 2.14. The molecule has 102 valence electrons. The number of rotatable bonds is 6. The van der Waals surface area contributed by atoms with Crippen LogP contribution in [0.5, 0.6) is 0 Å². The quantitative estimate of drug-likeness (QED) is 0.881. The summed E-state index contributed by atoms with van der Waals surface area (Å²) >= 11 is 7.60. The first-order chi connectivity index (χ1) is 9.19. The van der Waals surface area contributed by atoms with Gasteiger partial charge in [0, 0.05) is 23.7 Å². The van der Waals surface area contributed by atoms with Crippen molar-refractivity contribution in [3.05, 3.63) is 45.1 Å². The van der Waals surface area contributed by atoms with Gasteiger partial charge >= 0.3 is 0 Å². The van der Waals surface area contributed by atoms with E-state index < -0.39 is 0 Å². The van der Waals surface area contributed by atoms with Crippen LogP contribution in [0.1, 0.15) is 35.8 Å². The summed E-state index contributed by atoms with van der Waals surface area (Å²) in [5, 5.41) is 7.42. The van der Waals surface area contributed by atoms with Gasteiger partial charge in [0.1, 0.15) is 0 Å². The van der Waals surface area contributed by atoms with Crippen LogP contribution in [-0.2, 0) is 6.42 Å². The molecule has 0 saturated carbocycles. The summed E-state index contributed by atoms with van der Waals surface area (Å²) < 4.78 is 0. The molecule has 0 amide bonds. The van der Waals surface area contributed by atoms with Crippen LogP contribution in [0.2, 0.25) is 5.02 Å². The van der Waals surface area contributed by atoms with Gasteiger partial charge in [-0.25, -0.2) is 4.98 Å². The molecule has 0 fully saturated rings. The number of hydrogen-bond acceptors (Lipinski definition) is 4. The second-order valence-electron chi connectivity index (χ2n) is 4.49. The third-order valence-electron chi connectivity index (χ3n) is 2.79. The van der Waals surface area contributed by atoms with E-state index in [1.807, 2.05) is 19.1 Å². The van der Waals surface area contributed by atoms with Crippen LogP contribution in [0.15, 0.2) is 23.7 Å². The second kappa shape index (κ2) is 6.98. The molecule has 19 heavy (non-hydrogen) atoms. The van der Waals surface area contributed by atoms with Gasteiger partial charge in [0.2, 0.25) is 0 Å². The normalized spacial score (nSPS) is 12.6. The fourth-order valence-corrected chi connectivity index (χ4v) is 2.80. The van der Waals surface area contributed by atoms with Crippen molar-refractivity contribution in [3.8, 4) is 0 Å². The summed E-state index contributed by atoms with van der Waals surface area (Å²) in [4.78, 5) is 8.94. The Bertz CT molecular complexity index is 510. The Morgan fingerprint density at radius 3 is 2.84 bits per heavy atom. The first-order valence-corrected chi connectivity index (χ1v) is 7.70. The summed E-state index contributed by atoms with van der Waals surface area (Å²) in [5.74, 6) is 0. The Morgan fingerprint density at radius 2 is 2.26 bits per heavy atom. The molecule has 2 aromatic heterocycles. The molecule has 1 N–H and O–H groups in total. The van der Waals surface area contributed by atoms with Gasteiger partial charge in [-0.05, 0) is 32.0 Å². The number of aryl methyl sites for hydroxylation is 1. The van der Waals surface area contributed by atoms with Gasteiger partial charge < -0.3 is 5.32 Å². The smallest absolute Gasteiger partial charge is 0.0947 e. The molecule has 0 spiro atoms. The van der Waals surface area contributed by atoms with E-state index in [1.54, 1.807) is 17.5 Å². The maximum absolute atomic E-state index is 5.89. The minimum atomic E-state index is 0.197. The van der Waals surface area contributed by atoms with Gasteiger partial charge in [-0.2, -0.15) is 0 Å². The molecule has 2 rings (SSSR count). The van der Waals surface area contributed by atoms with E-state index in [1.165, 1.54) is 0 Å². The van der Waals surface area contributed by atoms with Crippen LogP contribution in [0, 0.1) is 6.92 Å². The molecule has 1 unspecified atom stereocenters. The van der Waals surface area contributed by atoms with Gasteiger partial charge in [-0.3, -0.25) is 4.98 Å². The van der Waals surface area contributed by atoms with Crippen molar-refractivity contribution < 1.29 is 0 Å². The van der Waals surface area contributed by atoms with Gasteiger partial charge in [0.25, 0.3) is 0 Å². The van der Waals surface area contributed by atoms with Crippen molar-refractivity contribution in [1.29, 1.82) is 0 Å². The van der Waals surface area contributed by atoms with E-state index in [2.05, 4.69) is 27.6 Å². The summed E-state index contributed by atoms with van der Waals surface area (Å²) in [7, 11) is 0. The number of thiazole rings is 1. The summed E-state index contributed by atoms with van der Waals surface area (Å²) in [5.41, 5.74) is 2.10. The average Bonchev–Trinajstić information content (AvgIpc) is 2.81. The van der Waals surface area contributed by atoms with Gasteiger partial charge in [0.05, 0.1) is 21.8 Å². The molecule has 3 nitrogen and oxygen atoms in total. The molecule has 0 bridgehead atoms. The van der Waals surface area contributed by atoms with E-state index in [4.69, 9.17) is 11.6 Å². The molecule has 0 saturated heterocycles. The summed E-state index contributed by atoms with van der Waals surface area (Å²) in [6, 6.07) is 4.07. The monoisotopic (exact) mass is 295 g/mol. The lowest BCUT2D eigenvalue weighted by atomic mass is 10.1. The first kappa shape index (κ1) is 14.4. The highest BCUT2D eigenvalue weighted by Crippen LogP contribution is 2.20. The van der Waals surface area contributed by atoms with Crippen molar-refractivity contribution in [2.24, 2.45) is 0 Å². The highest BCUT2D eigenvalue weighted by molar-refractivity contribution is 7.09. The standard InChI is InChI=1S/C14H18ClN3S/c1-3-6-16-13(7-14-18-10(2)9-19-14)12-5-4-11(15)8-17-12/h4-5,8-9,13,16H,3,6-7H2,1-2H3. The third kappa shape index (κ3) is 4.27. The molecule has 0 aromatic carbocycles. The Balaban J connectivity index is 2.13. The molecule has 2 aromatic rings. The minimum Gasteiger partial charge on any atom is -0.308 e. The number of nitrogens with zero attached hydrogens (tertiary/aromatic N) is 2. The van der Waals surface area contributed by atoms with E-state index in [-0.39, 0.29) is 6.04 Å². The third-order valence-corrected chi connectivity index (χ3v) is 4.01. The maximum atomic E-state index is 5.89. The molecule has 0 radical (unpaired) electrons. The molecule has 2 heterocycles. The lowest BCUT2D eigenvalue weighted by Gasteiger charge is -2.16. The van der Waals surface area contributed by atoms with E-state index in [0.29, 0.717) is 5.02 Å². The minimum absolute atomic E-state index is 0.197. The van der Waals surface area contributed by atoms with Crippen LogP contribution < -0.4 is 5.32 Å². The molecule has 5 heteroatoms. The lowest BCUT2D eigenvalue weighted by Crippen LogP contribution is -2.24. The second-order valence-corrected chi connectivity index (χ2v) is 5.87. The number of pyridine rings is 1. The van der Waals surface area contributed by atoms with Gasteiger partial charge in [-0.1, -0.05) is 18.5 Å². The number of halogens is 1. The van der Waals surface area contributed by atoms with Crippen LogP contribution in [-0.4, -0.2) is 16.5 Å². The van der Waals surface area contributed by atoms with Gasteiger partial charge in [0.15, 0.2) is 0 Å². The SMILES string of the molecule is CCCNC(Cc1nc(C)cs1)c1ccc(Cl)cn1. The van der Waals surface area contributed by atoms with E-state index in [9.17, 15) is 0 Å². The number of aromatic nitrogens is 2. The molecular weight excluding hydrogens is 278 g/mol. The first-order valence-electron chi connectivity index (χ1n) is 6.45. The Labute approximate surface area is 123 Å². The summed E-state index contributed by atoms with van der Waals surface area (Å²) in [6.07, 6.45) is 3.67. The zero-order chi connectivity index (χ0) is 13.7. The topological polar surface area (TPSA) is 37.8 Å². The van der Waals surface area contributed by atoms with E-state index >= 15 is 0 Å². The van der Waals surface area contributed by atoms with Crippen molar-refractivity contribution in [2.75, 3.05) is 6.54 Å². The average molecular weight is 296 g/mol. The highest BCUT2D eigenvalue weighted by atomic mass is 35.5. The lowest BCUT2D eigenvalue weighted by molar-refractivity contribution is 0.517. The fraction of sp³-hybridized carbons (Fsp3) is 0.429. The van der Waals surface area contributed by atoms with E-state index in [0.717, 1.165) is 35.8 Å². The van der Waals surface area contributed by atoms with Crippen LogP contribution in [0.3, 0.4) is 0 Å². The van der Waals surface area contributed by atoms with Crippen LogP contribution in [0.4, 0.5) is 0 Å². The van der Waals surface area contributed by atoms with Crippen LogP contribution in [0.25, 0.3) is 0 Å². The Kier molecular flexibility index (Phi) is 5.31. The van der Waals surface area contributed by atoms with Crippen LogP contribution >= 0.6 is 22.9 Å². The molecule has 0 aliphatic heterocycles. The zero-order valence-corrected chi connectivity index (χ0v) is 12.8. The predicted octanol–water partition coefficient (Wildman–Crippen LogP) is 3.78. The predicted molar refractivity (Wildman–Crippen MR) is 80.8 cm³/mol. The molecule has 0 aliphatic rings. The number of nitrogens with one attached hydrogen (secondary N) is 1. The Hall–Kier alpha value is -0.970. The Morgan fingerprint density at radius 1 is 1.42 bits per heavy atom. The largest absolute Gasteiger partial charge is 0.308 e. The maximum Gasteiger partial charge on any atom is 0.0947 e. The van der Waals surface area contributed by atoms with Gasteiger partial charge in [-0.15, -0.1) is 11.3 Å². The molecule has 0 aliphatic carbocycles. The molecule has 1 atom stereocenters. The molecular formula is C14H18ClN3S.